The lowest BCUT2D eigenvalue weighted by Gasteiger charge is -2.41. The van der Waals surface area contributed by atoms with E-state index in [4.69, 9.17) is 0 Å². The molecule has 0 aliphatic heterocycles. The van der Waals surface area contributed by atoms with Crippen molar-refractivity contribution in [3.63, 3.8) is 0 Å². The molecular formula is C25H29NO. The molecule has 2 heteroatoms. The summed E-state index contributed by atoms with van der Waals surface area (Å²) >= 11 is 0. The van der Waals surface area contributed by atoms with Crippen LogP contribution in [0.15, 0.2) is 42.5 Å². The van der Waals surface area contributed by atoms with Crippen LogP contribution >= 0.6 is 0 Å². The summed E-state index contributed by atoms with van der Waals surface area (Å²) in [5.74, 6) is 6.58. The van der Waals surface area contributed by atoms with Gasteiger partial charge in [-0.1, -0.05) is 57.7 Å². The Labute approximate surface area is 163 Å². The Hall–Kier alpha value is -2.53. The highest BCUT2D eigenvalue weighted by Gasteiger charge is 2.36. The quantitative estimate of drug-likeness (QED) is 0.745. The zero-order chi connectivity index (χ0) is 19.7. The van der Waals surface area contributed by atoms with Gasteiger partial charge >= 0.3 is 0 Å². The molecule has 0 spiro atoms. The van der Waals surface area contributed by atoms with E-state index in [0.29, 0.717) is 6.54 Å². The number of benzene rings is 2. The molecule has 0 saturated heterocycles. The molecule has 0 fully saturated rings. The van der Waals surface area contributed by atoms with E-state index in [2.05, 4.69) is 63.1 Å². The average Bonchev–Trinajstić information content (AvgIpc) is 2.63. The number of amides is 1. The first-order chi connectivity index (χ1) is 12.7. The molecule has 2 aromatic carbocycles. The van der Waals surface area contributed by atoms with Gasteiger partial charge in [0.1, 0.15) is 0 Å². The van der Waals surface area contributed by atoms with Crippen molar-refractivity contribution in [1.82, 2.24) is 5.32 Å². The fourth-order valence-corrected chi connectivity index (χ4v) is 3.74. The molecule has 3 rings (SSSR count). The summed E-state index contributed by atoms with van der Waals surface area (Å²) in [6.45, 7) is 11.4. The third kappa shape index (κ3) is 4.42. The molecule has 0 saturated carbocycles. The number of carbonyl (C=O) groups excluding carboxylic acids is 1. The molecular weight excluding hydrogens is 330 g/mol. The Kier molecular flexibility index (Phi) is 5.16. The van der Waals surface area contributed by atoms with Crippen molar-refractivity contribution in [3.8, 4) is 11.8 Å². The number of nitrogens with one attached hydrogen (secondary N) is 1. The average molecular weight is 360 g/mol. The van der Waals surface area contributed by atoms with E-state index in [1.165, 1.54) is 30.9 Å². The highest BCUT2D eigenvalue weighted by atomic mass is 16.1. The lowest BCUT2D eigenvalue weighted by molar-refractivity contribution is -0.119. The summed E-state index contributed by atoms with van der Waals surface area (Å²) < 4.78 is 0. The molecule has 140 valence electrons. The van der Waals surface area contributed by atoms with Crippen molar-refractivity contribution in [2.24, 2.45) is 0 Å². The van der Waals surface area contributed by atoms with Crippen LogP contribution in [-0.2, 0) is 22.2 Å². The topological polar surface area (TPSA) is 29.1 Å². The van der Waals surface area contributed by atoms with Crippen LogP contribution in [0.5, 0.6) is 0 Å². The maximum atomic E-state index is 11.0. The molecule has 1 amide bonds. The van der Waals surface area contributed by atoms with Gasteiger partial charge in [-0.25, -0.2) is 0 Å². The summed E-state index contributed by atoms with van der Waals surface area (Å²) in [6.07, 6.45) is 2.43. The van der Waals surface area contributed by atoms with Crippen molar-refractivity contribution in [2.75, 3.05) is 0 Å². The van der Waals surface area contributed by atoms with Gasteiger partial charge in [0.15, 0.2) is 0 Å². The second-order valence-electron chi connectivity index (χ2n) is 8.88. The number of fused-ring (bicyclic) bond motifs is 1. The van der Waals surface area contributed by atoms with E-state index in [1.807, 2.05) is 24.3 Å². The number of carbonyl (C=O) groups is 1. The minimum atomic E-state index is -0.0163. The van der Waals surface area contributed by atoms with Crippen molar-refractivity contribution in [1.29, 1.82) is 0 Å². The molecule has 1 aliphatic carbocycles. The zero-order valence-electron chi connectivity index (χ0n) is 17.1. The highest BCUT2D eigenvalue weighted by molar-refractivity contribution is 5.72. The second kappa shape index (κ2) is 7.24. The van der Waals surface area contributed by atoms with Gasteiger partial charge in [0, 0.05) is 24.6 Å². The smallest absolute Gasteiger partial charge is 0.217 e. The van der Waals surface area contributed by atoms with Gasteiger partial charge in [-0.2, -0.15) is 0 Å². The van der Waals surface area contributed by atoms with Crippen LogP contribution in [0.1, 0.15) is 75.3 Å². The molecule has 0 aromatic heterocycles. The molecule has 2 aromatic rings. The van der Waals surface area contributed by atoms with Gasteiger partial charge in [0.25, 0.3) is 0 Å². The predicted molar refractivity (Wildman–Crippen MR) is 112 cm³/mol. The Morgan fingerprint density at radius 3 is 2.07 bits per heavy atom. The van der Waals surface area contributed by atoms with E-state index >= 15 is 0 Å². The molecule has 0 radical (unpaired) electrons. The van der Waals surface area contributed by atoms with Gasteiger partial charge in [0.2, 0.25) is 5.91 Å². The predicted octanol–water partition coefficient (Wildman–Crippen LogP) is 5.07. The molecule has 1 N–H and O–H groups in total. The van der Waals surface area contributed by atoms with Gasteiger partial charge in [-0.05, 0) is 64.6 Å². The fraction of sp³-hybridized carbons (Fsp3) is 0.400. The van der Waals surface area contributed by atoms with E-state index in [9.17, 15) is 4.79 Å². The van der Waals surface area contributed by atoms with Crippen LogP contribution in [0.3, 0.4) is 0 Å². The molecule has 27 heavy (non-hydrogen) atoms. The van der Waals surface area contributed by atoms with Crippen molar-refractivity contribution in [3.05, 3.63) is 70.3 Å². The molecule has 0 unspecified atom stereocenters. The van der Waals surface area contributed by atoms with Crippen molar-refractivity contribution >= 4 is 5.91 Å². The maximum Gasteiger partial charge on any atom is 0.217 e. The molecule has 2 nitrogen and oxygen atoms in total. The van der Waals surface area contributed by atoms with Crippen LogP contribution in [0.2, 0.25) is 0 Å². The van der Waals surface area contributed by atoms with E-state index < -0.39 is 0 Å². The molecule has 0 heterocycles. The zero-order valence-corrected chi connectivity index (χ0v) is 17.1. The third-order valence-electron chi connectivity index (χ3n) is 5.70. The largest absolute Gasteiger partial charge is 0.352 e. The number of rotatable bonds is 2. The van der Waals surface area contributed by atoms with Gasteiger partial charge < -0.3 is 5.32 Å². The van der Waals surface area contributed by atoms with Crippen LogP contribution in [0, 0.1) is 11.8 Å². The van der Waals surface area contributed by atoms with Crippen molar-refractivity contribution in [2.45, 2.75) is 64.8 Å². The Morgan fingerprint density at radius 1 is 0.889 bits per heavy atom. The van der Waals surface area contributed by atoms with Crippen LogP contribution in [0.4, 0.5) is 0 Å². The SMILES string of the molecule is CC(=O)NCc1ccc(C#Cc2ccc3c(c2)C(C)(C)CCC3(C)C)cc1. The van der Waals surface area contributed by atoms with E-state index in [-0.39, 0.29) is 16.7 Å². The first-order valence-electron chi connectivity index (χ1n) is 9.68. The lowest BCUT2D eigenvalue weighted by Crippen LogP contribution is -2.33. The number of hydrogen-bond donors (Lipinski definition) is 1. The number of hydrogen-bond acceptors (Lipinski definition) is 1. The molecule has 0 bridgehead atoms. The minimum absolute atomic E-state index is 0.0163. The summed E-state index contributed by atoms with van der Waals surface area (Å²) in [4.78, 5) is 11.0. The normalized spacial score (nSPS) is 16.6. The Bertz CT molecular complexity index is 908. The van der Waals surface area contributed by atoms with Gasteiger partial charge in [-0.3, -0.25) is 4.79 Å². The van der Waals surface area contributed by atoms with Crippen LogP contribution in [0.25, 0.3) is 0 Å². The van der Waals surface area contributed by atoms with E-state index in [1.54, 1.807) is 0 Å². The monoisotopic (exact) mass is 359 g/mol. The lowest BCUT2D eigenvalue weighted by atomic mass is 9.63. The second-order valence-corrected chi connectivity index (χ2v) is 8.88. The summed E-state index contributed by atoms with van der Waals surface area (Å²) in [7, 11) is 0. The Balaban J connectivity index is 1.83. The highest BCUT2D eigenvalue weighted by Crippen LogP contribution is 2.45. The van der Waals surface area contributed by atoms with Crippen LogP contribution in [-0.4, -0.2) is 5.91 Å². The summed E-state index contributed by atoms with van der Waals surface area (Å²) in [5, 5.41) is 2.81. The molecule has 0 atom stereocenters. The maximum absolute atomic E-state index is 11.0. The van der Waals surface area contributed by atoms with Crippen molar-refractivity contribution < 1.29 is 4.79 Å². The summed E-state index contributed by atoms with van der Waals surface area (Å²) in [5.41, 5.74) is 6.48. The summed E-state index contributed by atoms with van der Waals surface area (Å²) in [6, 6.07) is 14.8. The van der Waals surface area contributed by atoms with E-state index in [0.717, 1.165) is 16.7 Å². The minimum Gasteiger partial charge on any atom is -0.352 e. The first-order valence-corrected chi connectivity index (χ1v) is 9.68. The standard InChI is InChI=1S/C25H29NO/c1-18(27)26-17-21-10-7-19(8-11-21)6-9-20-12-13-22-23(16-20)25(4,5)15-14-24(22,2)3/h7-8,10-13,16H,14-15,17H2,1-5H3,(H,26,27). The Morgan fingerprint density at radius 2 is 1.44 bits per heavy atom. The van der Waals surface area contributed by atoms with Gasteiger partial charge in [-0.15, -0.1) is 0 Å². The first kappa shape index (κ1) is 19.2. The fourth-order valence-electron chi connectivity index (χ4n) is 3.74. The molecule has 1 aliphatic rings. The van der Waals surface area contributed by atoms with Gasteiger partial charge in [0.05, 0.1) is 0 Å². The van der Waals surface area contributed by atoms with Crippen LogP contribution < -0.4 is 5.32 Å². The third-order valence-corrected chi connectivity index (χ3v) is 5.70.